The third-order valence-corrected chi connectivity index (χ3v) is 9.05. The van der Waals surface area contributed by atoms with Gasteiger partial charge in [0.05, 0.1) is 9.79 Å². The number of benzene rings is 2. The molecule has 11 heteroatoms. The lowest BCUT2D eigenvalue weighted by Gasteiger charge is -2.43. The second-order valence-electron chi connectivity index (χ2n) is 8.02. The van der Waals surface area contributed by atoms with Crippen LogP contribution in [0.1, 0.15) is 39.0 Å². The Balaban J connectivity index is 1.85. The van der Waals surface area contributed by atoms with Crippen molar-refractivity contribution >= 4 is 25.8 Å². The molecule has 1 aliphatic rings. The normalized spacial score (nSPS) is 16.4. The summed E-state index contributed by atoms with van der Waals surface area (Å²) in [5.41, 5.74) is 0.325. The Bertz CT molecular complexity index is 1190. The number of likely N-dealkylation sites (N-methyl/N-ethyl adjacent to an activating group) is 1. The molecule has 0 radical (unpaired) electrons. The molecule has 1 aliphatic carbocycles. The Morgan fingerprint density at radius 3 is 1.85 bits per heavy atom. The van der Waals surface area contributed by atoms with Gasteiger partial charge in [0.15, 0.2) is 9.84 Å². The fourth-order valence-corrected chi connectivity index (χ4v) is 6.66. The molecule has 2 aromatic rings. The third-order valence-electron chi connectivity index (χ3n) is 5.87. The van der Waals surface area contributed by atoms with Crippen molar-refractivity contribution in [2.45, 2.75) is 54.4 Å². The minimum Gasteiger partial charge on any atom is -0.457 e. The van der Waals surface area contributed by atoms with E-state index >= 15 is 0 Å². The van der Waals surface area contributed by atoms with E-state index in [2.05, 4.69) is 0 Å². The second kappa shape index (κ2) is 9.80. The molecule has 2 aromatic carbocycles. The van der Waals surface area contributed by atoms with Gasteiger partial charge in [0, 0.05) is 12.8 Å². The van der Waals surface area contributed by atoms with Crippen LogP contribution in [0.2, 0.25) is 0 Å². The van der Waals surface area contributed by atoms with Crippen LogP contribution in [-0.4, -0.2) is 50.6 Å². The van der Waals surface area contributed by atoms with Gasteiger partial charge in [0.1, 0.15) is 17.0 Å². The number of carbonyl (C=O) groups excluding carboxylic acids is 1. The lowest BCUT2D eigenvalue weighted by atomic mass is 9.81. The molecular weight excluding hydrogens is 468 g/mol. The number of nitrogens with one attached hydrogen (secondary N) is 1. The van der Waals surface area contributed by atoms with Crippen LogP contribution >= 0.6 is 0 Å². The van der Waals surface area contributed by atoms with E-state index in [0.29, 0.717) is 37.2 Å². The van der Waals surface area contributed by atoms with E-state index in [-0.39, 0.29) is 16.3 Å². The summed E-state index contributed by atoms with van der Waals surface area (Å²) < 4.78 is 56.9. The average Bonchev–Trinajstić information content (AvgIpc) is 2.79. The summed E-state index contributed by atoms with van der Waals surface area (Å²) in [6.07, 6.45) is 4.04. The van der Waals surface area contributed by atoms with Gasteiger partial charge < -0.3 is 4.74 Å². The Morgan fingerprint density at radius 2 is 1.42 bits per heavy atom. The number of rotatable bonds is 8. The van der Waals surface area contributed by atoms with E-state index in [0.717, 1.165) is 12.7 Å². The number of ether oxygens (including phenoxy) is 1. The van der Waals surface area contributed by atoms with Gasteiger partial charge in [-0.2, -0.15) is 4.31 Å². The number of hydrogen-bond acceptors (Lipinski definition) is 7. The zero-order valence-electron chi connectivity index (χ0n) is 18.5. The van der Waals surface area contributed by atoms with Gasteiger partial charge in [-0.1, -0.05) is 26.2 Å². The SMILES string of the molecule is CCN(C1(C(=O)NO)CCCCC1)S(=O)(=O)c1ccc(Oc2ccc(S(C)(=O)=O)cc2)cc1. The lowest BCUT2D eigenvalue weighted by molar-refractivity contribution is -0.141. The number of sulfone groups is 1. The fourth-order valence-electron chi connectivity index (χ4n) is 4.23. The highest BCUT2D eigenvalue weighted by atomic mass is 32.2. The summed E-state index contributed by atoms with van der Waals surface area (Å²) in [6.45, 7) is 1.73. The molecule has 0 atom stereocenters. The highest BCUT2D eigenvalue weighted by molar-refractivity contribution is 7.90. The predicted molar refractivity (Wildman–Crippen MR) is 121 cm³/mol. The van der Waals surface area contributed by atoms with Gasteiger partial charge in [-0.3, -0.25) is 10.0 Å². The van der Waals surface area contributed by atoms with Gasteiger partial charge in [0.2, 0.25) is 10.0 Å². The zero-order chi connectivity index (χ0) is 24.3. The van der Waals surface area contributed by atoms with E-state index < -0.39 is 31.3 Å². The van der Waals surface area contributed by atoms with Gasteiger partial charge >= 0.3 is 0 Å². The van der Waals surface area contributed by atoms with Crippen molar-refractivity contribution in [2.24, 2.45) is 0 Å². The van der Waals surface area contributed by atoms with E-state index in [1.807, 2.05) is 0 Å². The molecule has 0 heterocycles. The summed E-state index contributed by atoms with van der Waals surface area (Å²) in [5.74, 6) is 0.0451. The highest BCUT2D eigenvalue weighted by Gasteiger charge is 2.49. The first-order chi connectivity index (χ1) is 15.5. The van der Waals surface area contributed by atoms with Crippen LogP contribution in [0, 0.1) is 0 Å². The van der Waals surface area contributed by atoms with Crippen molar-refractivity contribution in [3.63, 3.8) is 0 Å². The number of sulfonamides is 1. The maximum Gasteiger partial charge on any atom is 0.264 e. The molecule has 33 heavy (non-hydrogen) atoms. The summed E-state index contributed by atoms with van der Waals surface area (Å²) in [6, 6.07) is 11.7. The largest absolute Gasteiger partial charge is 0.457 e. The van der Waals surface area contributed by atoms with Crippen LogP contribution < -0.4 is 10.2 Å². The second-order valence-corrected chi connectivity index (χ2v) is 11.9. The van der Waals surface area contributed by atoms with Gasteiger partial charge in [-0.25, -0.2) is 22.3 Å². The molecule has 0 spiro atoms. The molecule has 1 fully saturated rings. The Morgan fingerprint density at radius 1 is 0.939 bits per heavy atom. The van der Waals surface area contributed by atoms with Crippen LogP contribution in [0.3, 0.4) is 0 Å². The molecule has 0 bridgehead atoms. The fraction of sp³-hybridized carbons (Fsp3) is 0.409. The monoisotopic (exact) mass is 496 g/mol. The Hall–Kier alpha value is -2.47. The smallest absolute Gasteiger partial charge is 0.264 e. The molecule has 0 aliphatic heterocycles. The number of hydrogen-bond donors (Lipinski definition) is 2. The first-order valence-corrected chi connectivity index (χ1v) is 13.9. The molecule has 1 saturated carbocycles. The number of carbonyl (C=O) groups is 1. The molecule has 9 nitrogen and oxygen atoms in total. The summed E-state index contributed by atoms with van der Waals surface area (Å²) in [7, 11) is -7.36. The van der Waals surface area contributed by atoms with Crippen molar-refractivity contribution in [3.05, 3.63) is 48.5 Å². The van der Waals surface area contributed by atoms with Crippen LogP contribution in [0.5, 0.6) is 11.5 Å². The van der Waals surface area contributed by atoms with E-state index in [1.165, 1.54) is 52.8 Å². The molecular formula is C22H28N2O7S2. The predicted octanol–water partition coefficient (Wildman–Crippen LogP) is 3.10. The van der Waals surface area contributed by atoms with Crippen LogP contribution in [0.15, 0.2) is 58.3 Å². The maximum atomic E-state index is 13.5. The number of nitrogens with zero attached hydrogens (tertiary/aromatic N) is 1. The average molecular weight is 497 g/mol. The quantitative estimate of drug-likeness (QED) is 0.424. The molecule has 0 aromatic heterocycles. The standard InChI is InChI=1S/C22H28N2O7S2/c1-3-24(22(21(25)23-26)15-5-4-6-16-22)33(29,30)20-13-9-18(10-14-20)31-17-7-11-19(12-8-17)32(2,27)28/h7-14,26H,3-6,15-16H2,1-2H3,(H,23,25). The molecule has 180 valence electrons. The van der Waals surface area contributed by atoms with Crippen LogP contribution in [-0.2, 0) is 24.7 Å². The van der Waals surface area contributed by atoms with E-state index in [1.54, 1.807) is 12.4 Å². The first kappa shape index (κ1) is 25.2. The van der Waals surface area contributed by atoms with Crippen molar-refractivity contribution in [1.82, 2.24) is 9.79 Å². The Kier molecular flexibility index (Phi) is 7.47. The minimum atomic E-state index is -4.04. The summed E-state index contributed by atoms with van der Waals surface area (Å²) in [5, 5.41) is 9.30. The Labute approximate surface area is 194 Å². The van der Waals surface area contributed by atoms with Gasteiger partial charge in [-0.15, -0.1) is 0 Å². The highest BCUT2D eigenvalue weighted by Crippen LogP contribution is 2.38. The molecule has 1 amide bonds. The van der Waals surface area contributed by atoms with Crippen molar-refractivity contribution in [2.75, 3.05) is 12.8 Å². The third kappa shape index (κ3) is 5.21. The van der Waals surface area contributed by atoms with Crippen molar-refractivity contribution in [1.29, 1.82) is 0 Å². The maximum absolute atomic E-state index is 13.5. The molecule has 0 saturated heterocycles. The van der Waals surface area contributed by atoms with Crippen molar-refractivity contribution < 1.29 is 31.6 Å². The minimum absolute atomic E-state index is 0.000174. The zero-order valence-corrected chi connectivity index (χ0v) is 20.2. The van der Waals surface area contributed by atoms with Crippen LogP contribution in [0.4, 0.5) is 0 Å². The number of hydroxylamine groups is 1. The summed E-state index contributed by atoms with van der Waals surface area (Å²) in [4.78, 5) is 12.8. The van der Waals surface area contributed by atoms with Crippen molar-refractivity contribution in [3.8, 4) is 11.5 Å². The topological polar surface area (TPSA) is 130 Å². The molecule has 0 unspecified atom stereocenters. The van der Waals surface area contributed by atoms with Gasteiger partial charge in [-0.05, 0) is 61.4 Å². The van der Waals surface area contributed by atoms with Crippen LogP contribution in [0.25, 0.3) is 0 Å². The number of amides is 1. The molecule has 3 rings (SSSR count). The first-order valence-electron chi connectivity index (χ1n) is 10.6. The molecule has 2 N–H and O–H groups in total. The lowest BCUT2D eigenvalue weighted by Crippen LogP contribution is -2.61. The van der Waals surface area contributed by atoms with Gasteiger partial charge in [0.25, 0.3) is 5.91 Å². The summed E-state index contributed by atoms with van der Waals surface area (Å²) >= 11 is 0. The van der Waals surface area contributed by atoms with E-state index in [9.17, 15) is 26.8 Å². The van der Waals surface area contributed by atoms with E-state index in [4.69, 9.17) is 4.74 Å².